The summed E-state index contributed by atoms with van der Waals surface area (Å²) in [7, 11) is 3.02. The van der Waals surface area contributed by atoms with Crippen LogP contribution in [0.2, 0.25) is 5.02 Å². The smallest absolute Gasteiger partial charge is 0.272 e. The molecule has 0 aromatic heterocycles. The number of carbonyl (C=O) groups excluding carboxylic acids is 3. The van der Waals surface area contributed by atoms with Gasteiger partial charge in [-0.25, -0.2) is 0 Å². The van der Waals surface area contributed by atoms with E-state index in [4.69, 9.17) is 21.1 Å². The van der Waals surface area contributed by atoms with Gasteiger partial charge in [-0.1, -0.05) is 61.0 Å². The maximum absolute atomic E-state index is 13.7. The molecule has 10 heteroatoms. The minimum Gasteiger partial charge on any atom is -0.493 e. The Morgan fingerprint density at radius 3 is 2.33 bits per heavy atom. The molecule has 0 spiro atoms. The Labute approximate surface area is 272 Å². The minimum absolute atomic E-state index is 0.00355. The second kappa shape index (κ2) is 15.8. The van der Waals surface area contributed by atoms with Crippen LogP contribution in [0.4, 0.5) is 11.4 Å². The number of para-hydroxylation sites is 1. The number of hydrogen-bond acceptors (Lipinski definition) is 6. The lowest BCUT2D eigenvalue weighted by atomic mass is 10.1. The molecule has 8 nitrogen and oxygen atoms in total. The predicted octanol–water partition coefficient (Wildman–Crippen LogP) is 7.58. The molecule has 4 rings (SSSR count). The SMILES string of the molecule is CCC(Sc1cccc(NC(=O)/C(=C\c2cccc(OC)c2OC)NC(=O)c2ccccc2)c1)C(=O)Nc1cccc(Cl)c1C. The average Bonchev–Trinajstić information content (AvgIpc) is 3.05. The van der Waals surface area contributed by atoms with Gasteiger partial charge in [0.05, 0.1) is 19.5 Å². The summed E-state index contributed by atoms with van der Waals surface area (Å²) in [5, 5.41) is 8.78. The van der Waals surface area contributed by atoms with E-state index in [-0.39, 0.29) is 11.6 Å². The first kappa shape index (κ1) is 33.2. The molecule has 4 aromatic rings. The summed E-state index contributed by atoms with van der Waals surface area (Å²) in [4.78, 5) is 40.7. The number of halogens is 1. The number of thioether (sulfide) groups is 1. The number of anilines is 2. The number of carbonyl (C=O) groups is 3. The van der Waals surface area contributed by atoms with Crippen LogP contribution in [0, 0.1) is 6.92 Å². The molecule has 3 amide bonds. The summed E-state index contributed by atoms with van der Waals surface area (Å²) in [5.74, 6) is -0.259. The van der Waals surface area contributed by atoms with Crippen molar-refractivity contribution in [3.05, 3.63) is 118 Å². The van der Waals surface area contributed by atoms with Crippen LogP contribution in [-0.2, 0) is 9.59 Å². The van der Waals surface area contributed by atoms with Crippen molar-refractivity contribution >= 4 is 58.5 Å². The number of amides is 3. The van der Waals surface area contributed by atoms with E-state index in [2.05, 4.69) is 16.0 Å². The summed E-state index contributed by atoms with van der Waals surface area (Å²) in [6, 6.07) is 26.4. The Balaban J connectivity index is 1.56. The fourth-order valence-electron chi connectivity index (χ4n) is 4.41. The third-order valence-electron chi connectivity index (χ3n) is 6.82. The van der Waals surface area contributed by atoms with Gasteiger partial charge in [0, 0.05) is 32.4 Å². The zero-order chi connectivity index (χ0) is 32.3. The molecule has 1 unspecified atom stereocenters. The van der Waals surface area contributed by atoms with Crippen molar-refractivity contribution < 1.29 is 23.9 Å². The highest BCUT2D eigenvalue weighted by atomic mass is 35.5. The van der Waals surface area contributed by atoms with Crippen LogP contribution < -0.4 is 25.4 Å². The third kappa shape index (κ3) is 8.68. The first-order valence-corrected chi connectivity index (χ1v) is 15.4. The van der Waals surface area contributed by atoms with Crippen molar-refractivity contribution in [2.24, 2.45) is 0 Å². The Bertz CT molecular complexity index is 1710. The summed E-state index contributed by atoms with van der Waals surface area (Å²) in [5.41, 5.74) is 2.87. The van der Waals surface area contributed by atoms with Crippen molar-refractivity contribution in [1.29, 1.82) is 0 Å². The average molecular weight is 644 g/mol. The van der Waals surface area contributed by atoms with Crippen molar-refractivity contribution in [3.8, 4) is 11.5 Å². The largest absolute Gasteiger partial charge is 0.493 e. The van der Waals surface area contributed by atoms with Gasteiger partial charge in [0.25, 0.3) is 11.8 Å². The maximum Gasteiger partial charge on any atom is 0.272 e. The van der Waals surface area contributed by atoms with Crippen LogP contribution in [0.15, 0.2) is 102 Å². The molecule has 0 saturated heterocycles. The molecule has 3 N–H and O–H groups in total. The Kier molecular flexibility index (Phi) is 11.7. The van der Waals surface area contributed by atoms with E-state index >= 15 is 0 Å². The molecule has 0 saturated carbocycles. The number of rotatable bonds is 12. The second-order valence-electron chi connectivity index (χ2n) is 9.86. The van der Waals surface area contributed by atoms with Gasteiger partial charge in [-0.3, -0.25) is 14.4 Å². The van der Waals surface area contributed by atoms with E-state index in [0.29, 0.717) is 45.4 Å². The normalized spacial score (nSPS) is 11.7. The van der Waals surface area contributed by atoms with Gasteiger partial charge in [0.1, 0.15) is 5.70 Å². The summed E-state index contributed by atoms with van der Waals surface area (Å²) in [6.07, 6.45) is 2.11. The van der Waals surface area contributed by atoms with E-state index in [0.717, 1.165) is 10.5 Å². The van der Waals surface area contributed by atoms with Gasteiger partial charge in [0.2, 0.25) is 5.91 Å². The van der Waals surface area contributed by atoms with Crippen LogP contribution in [0.25, 0.3) is 6.08 Å². The molecule has 232 valence electrons. The predicted molar refractivity (Wildman–Crippen MR) is 181 cm³/mol. The first-order valence-electron chi connectivity index (χ1n) is 14.2. The van der Waals surface area contributed by atoms with E-state index in [1.165, 1.54) is 32.1 Å². The number of hydrogen-bond donors (Lipinski definition) is 3. The molecule has 0 fully saturated rings. The summed E-state index contributed by atoms with van der Waals surface area (Å²) < 4.78 is 10.9. The van der Waals surface area contributed by atoms with Gasteiger partial charge < -0.3 is 25.4 Å². The molecule has 0 aliphatic carbocycles. The Morgan fingerprint density at radius 2 is 1.62 bits per heavy atom. The number of ether oxygens (including phenoxy) is 2. The minimum atomic E-state index is -0.549. The molecule has 0 aliphatic rings. The first-order chi connectivity index (χ1) is 21.7. The number of methoxy groups -OCH3 is 2. The van der Waals surface area contributed by atoms with Gasteiger partial charge in [-0.05, 0) is 73.5 Å². The van der Waals surface area contributed by atoms with Gasteiger partial charge in [0.15, 0.2) is 11.5 Å². The van der Waals surface area contributed by atoms with Crippen LogP contribution in [0.1, 0.15) is 34.8 Å². The highest BCUT2D eigenvalue weighted by molar-refractivity contribution is 8.00. The van der Waals surface area contributed by atoms with Crippen molar-refractivity contribution in [2.45, 2.75) is 30.4 Å². The van der Waals surface area contributed by atoms with Crippen LogP contribution in [0.3, 0.4) is 0 Å². The highest BCUT2D eigenvalue weighted by Crippen LogP contribution is 2.33. The lowest BCUT2D eigenvalue weighted by molar-refractivity contribution is -0.116. The molecule has 0 bridgehead atoms. The molecule has 0 radical (unpaired) electrons. The van der Waals surface area contributed by atoms with Crippen LogP contribution in [-0.4, -0.2) is 37.2 Å². The highest BCUT2D eigenvalue weighted by Gasteiger charge is 2.21. The maximum atomic E-state index is 13.7. The fourth-order valence-corrected chi connectivity index (χ4v) is 5.60. The molecular formula is C35H34ClN3O5S. The third-order valence-corrected chi connectivity index (χ3v) is 8.59. The summed E-state index contributed by atoms with van der Waals surface area (Å²) >= 11 is 7.61. The zero-order valence-electron chi connectivity index (χ0n) is 25.3. The Hall–Kier alpha value is -4.73. The van der Waals surface area contributed by atoms with Gasteiger partial charge >= 0.3 is 0 Å². The van der Waals surface area contributed by atoms with Crippen LogP contribution in [0.5, 0.6) is 11.5 Å². The lowest BCUT2D eigenvalue weighted by Gasteiger charge is -2.17. The van der Waals surface area contributed by atoms with Crippen molar-refractivity contribution in [1.82, 2.24) is 5.32 Å². The second-order valence-corrected chi connectivity index (χ2v) is 11.5. The van der Waals surface area contributed by atoms with Crippen molar-refractivity contribution in [2.75, 3.05) is 24.9 Å². The molecule has 4 aromatic carbocycles. The van der Waals surface area contributed by atoms with E-state index in [9.17, 15) is 14.4 Å². The number of nitrogens with one attached hydrogen (secondary N) is 3. The quantitative estimate of drug-likeness (QED) is 0.109. The Morgan fingerprint density at radius 1 is 0.889 bits per heavy atom. The van der Waals surface area contributed by atoms with E-state index < -0.39 is 17.1 Å². The van der Waals surface area contributed by atoms with Gasteiger partial charge in [-0.2, -0.15) is 0 Å². The van der Waals surface area contributed by atoms with E-state index in [1.54, 1.807) is 78.9 Å². The molecular weight excluding hydrogens is 610 g/mol. The van der Waals surface area contributed by atoms with Crippen molar-refractivity contribution in [3.63, 3.8) is 0 Å². The lowest BCUT2D eigenvalue weighted by Crippen LogP contribution is -2.30. The molecule has 45 heavy (non-hydrogen) atoms. The van der Waals surface area contributed by atoms with Crippen LogP contribution >= 0.6 is 23.4 Å². The monoisotopic (exact) mass is 643 g/mol. The number of benzene rings is 4. The zero-order valence-corrected chi connectivity index (χ0v) is 26.9. The molecule has 0 heterocycles. The molecule has 0 aliphatic heterocycles. The van der Waals surface area contributed by atoms with E-state index in [1.807, 2.05) is 26.0 Å². The van der Waals surface area contributed by atoms with Gasteiger partial charge in [-0.15, -0.1) is 11.8 Å². The fraction of sp³-hybridized carbons (Fsp3) is 0.171. The topological polar surface area (TPSA) is 106 Å². The molecule has 1 atom stereocenters. The summed E-state index contributed by atoms with van der Waals surface area (Å²) in [6.45, 7) is 3.79. The standard InChI is InChI=1S/C35H34ClN3O5S/c1-5-31(35(42)38-28-18-11-17-27(36)22(28)2)45-26-16-10-15-25(21-26)37-34(41)29(39-33(40)23-12-7-6-8-13-23)20-24-14-9-19-30(43-3)32(24)44-4/h6-21,31H,5H2,1-4H3,(H,37,41)(H,38,42)(H,39,40)/b29-20+.